The lowest BCUT2D eigenvalue weighted by molar-refractivity contribution is -0.114. The summed E-state index contributed by atoms with van der Waals surface area (Å²) in [6.45, 7) is 1.44. The number of oxime groups is 1. The van der Waals surface area contributed by atoms with E-state index in [1.54, 1.807) is 25.5 Å². The Morgan fingerprint density at radius 1 is 1.13 bits per heavy atom. The number of nitrogens with zero attached hydrogens (tertiary/aromatic N) is 2. The maximum absolute atomic E-state index is 11.4. The number of amides is 1. The zero-order chi connectivity index (χ0) is 21.5. The van der Waals surface area contributed by atoms with Gasteiger partial charge in [0.05, 0.1) is 23.8 Å². The average Bonchev–Trinajstić information content (AvgIpc) is 2.77. The first-order valence-corrected chi connectivity index (χ1v) is 9.33. The SMILES string of the molecule is CNc1ncc(NC(C)=O)cc1C(=N)c1cccc(-c2ccc(/C=N/OC)cc2)c1. The van der Waals surface area contributed by atoms with Crippen molar-refractivity contribution < 1.29 is 9.63 Å². The number of anilines is 2. The zero-order valence-electron chi connectivity index (χ0n) is 17.1. The van der Waals surface area contributed by atoms with Crippen LogP contribution in [0.3, 0.4) is 0 Å². The van der Waals surface area contributed by atoms with Crippen LogP contribution >= 0.6 is 0 Å². The summed E-state index contributed by atoms with van der Waals surface area (Å²) in [6, 6.07) is 17.4. The van der Waals surface area contributed by atoms with E-state index >= 15 is 0 Å². The van der Waals surface area contributed by atoms with E-state index < -0.39 is 0 Å². The van der Waals surface area contributed by atoms with Crippen molar-refractivity contribution in [3.63, 3.8) is 0 Å². The summed E-state index contributed by atoms with van der Waals surface area (Å²) in [5, 5.41) is 18.2. The van der Waals surface area contributed by atoms with Crippen LogP contribution in [0.2, 0.25) is 0 Å². The van der Waals surface area contributed by atoms with E-state index in [1.807, 2.05) is 48.5 Å². The molecular formula is C23H23N5O2. The minimum atomic E-state index is -0.188. The minimum Gasteiger partial charge on any atom is -0.399 e. The van der Waals surface area contributed by atoms with Gasteiger partial charge >= 0.3 is 0 Å². The molecule has 0 fully saturated rings. The van der Waals surface area contributed by atoms with Crippen LogP contribution in [0.25, 0.3) is 11.1 Å². The lowest BCUT2D eigenvalue weighted by Gasteiger charge is -2.13. The van der Waals surface area contributed by atoms with Crippen LogP contribution in [0.1, 0.15) is 23.6 Å². The maximum atomic E-state index is 11.4. The largest absolute Gasteiger partial charge is 0.399 e. The molecule has 3 N–H and O–H groups in total. The van der Waals surface area contributed by atoms with Gasteiger partial charge in [-0.15, -0.1) is 0 Å². The third-order valence-electron chi connectivity index (χ3n) is 4.42. The number of carbonyl (C=O) groups is 1. The maximum Gasteiger partial charge on any atom is 0.221 e. The van der Waals surface area contributed by atoms with Gasteiger partial charge in [0.1, 0.15) is 12.9 Å². The number of nitrogens with one attached hydrogen (secondary N) is 3. The van der Waals surface area contributed by atoms with Crippen molar-refractivity contribution in [2.24, 2.45) is 5.16 Å². The Bertz CT molecular complexity index is 1090. The predicted octanol–water partition coefficient (Wildman–Crippen LogP) is 4.15. The fourth-order valence-electron chi connectivity index (χ4n) is 3.01. The van der Waals surface area contributed by atoms with E-state index in [2.05, 4.69) is 20.8 Å². The predicted molar refractivity (Wildman–Crippen MR) is 120 cm³/mol. The second-order valence-electron chi connectivity index (χ2n) is 6.55. The quantitative estimate of drug-likeness (QED) is 0.409. The Kier molecular flexibility index (Phi) is 6.54. The van der Waals surface area contributed by atoms with Crippen molar-refractivity contribution >= 4 is 29.3 Å². The van der Waals surface area contributed by atoms with E-state index in [0.717, 1.165) is 22.3 Å². The smallest absolute Gasteiger partial charge is 0.221 e. The molecule has 30 heavy (non-hydrogen) atoms. The van der Waals surface area contributed by atoms with Crippen molar-refractivity contribution in [2.45, 2.75) is 6.92 Å². The van der Waals surface area contributed by atoms with Crippen LogP contribution in [0.15, 0.2) is 65.9 Å². The Morgan fingerprint density at radius 3 is 2.57 bits per heavy atom. The number of benzene rings is 2. The highest BCUT2D eigenvalue weighted by atomic mass is 16.6. The van der Waals surface area contributed by atoms with Gasteiger partial charge in [-0.3, -0.25) is 10.2 Å². The van der Waals surface area contributed by atoms with Gasteiger partial charge in [0, 0.05) is 25.1 Å². The minimum absolute atomic E-state index is 0.188. The standard InChI is InChI=1S/C23H23N5O2/c1-15(29)28-20-12-21(23(25-2)26-14-20)22(24)19-6-4-5-18(11-19)17-9-7-16(8-10-17)13-27-30-3/h4-14,24H,1-3H3,(H,25,26)(H,28,29)/b24-22?,27-13+. The fraction of sp³-hybridized carbons (Fsp3) is 0.130. The Labute approximate surface area is 175 Å². The number of hydrogen-bond donors (Lipinski definition) is 3. The first-order chi connectivity index (χ1) is 14.5. The van der Waals surface area contributed by atoms with Crippen molar-refractivity contribution in [1.82, 2.24) is 4.98 Å². The van der Waals surface area contributed by atoms with E-state index in [1.165, 1.54) is 14.0 Å². The number of rotatable bonds is 7. The number of hydrogen-bond acceptors (Lipinski definition) is 6. The van der Waals surface area contributed by atoms with Crippen LogP contribution in [-0.2, 0) is 9.63 Å². The van der Waals surface area contributed by atoms with E-state index in [4.69, 9.17) is 10.2 Å². The molecule has 1 heterocycles. The summed E-state index contributed by atoms with van der Waals surface area (Å²) in [4.78, 5) is 20.4. The average molecular weight is 401 g/mol. The Balaban J connectivity index is 1.93. The van der Waals surface area contributed by atoms with Gasteiger partial charge in [0.2, 0.25) is 5.91 Å². The molecule has 0 unspecified atom stereocenters. The fourth-order valence-corrected chi connectivity index (χ4v) is 3.01. The zero-order valence-corrected chi connectivity index (χ0v) is 17.1. The monoisotopic (exact) mass is 401 g/mol. The number of carbonyl (C=O) groups excluding carboxylic acids is 1. The molecule has 0 bridgehead atoms. The van der Waals surface area contributed by atoms with Gasteiger partial charge in [0.25, 0.3) is 0 Å². The van der Waals surface area contributed by atoms with Crippen molar-refractivity contribution in [3.05, 3.63) is 77.5 Å². The van der Waals surface area contributed by atoms with Gasteiger partial charge in [0.15, 0.2) is 0 Å². The molecule has 0 saturated carbocycles. The molecule has 0 spiro atoms. The molecule has 1 aromatic heterocycles. The van der Waals surface area contributed by atoms with Gasteiger partial charge in [-0.05, 0) is 28.8 Å². The molecule has 152 valence electrons. The molecule has 3 aromatic rings. The molecule has 2 aromatic carbocycles. The van der Waals surface area contributed by atoms with E-state index in [9.17, 15) is 4.79 Å². The first-order valence-electron chi connectivity index (χ1n) is 9.33. The summed E-state index contributed by atoms with van der Waals surface area (Å²) in [5.41, 5.74) is 5.16. The molecule has 0 aliphatic rings. The summed E-state index contributed by atoms with van der Waals surface area (Å²) >= 11 is 0. The van der Waals surface area contributed by atoms with Crippen LogP contribution in [-0.4, -0.2) is 37.0 Å². The van der Waals surface area contributed by atoms with Gasteiger partial charge in [-0.2, -0.15) is 0 Å². The second-order valence-corrected chi connectivity index (χ2v) is 6.55. The van der Waals surface area contributed by atoms with Crippen LogP contribution in [0.5, 0.6) is 0 Å². The molecule has 0 radical (unpaired) electrons. The summed E-state index contributed by atoms with van der Waals surface area (Å²) in [7, 11) is 3.26. The van der Waals surface area contributed by atoms with Crippen LogP contribution < -0.4 is 10.6 Å². The Morgan fingerprint density at radius 2 is 1.90 bits per heavy atom. The third-order valence-corrected chi connectivity index (χ3v) is 4.42. The highest BCUT2D eigenvalue weighted by Gasteiger charge is 2.13. The second kappa shape index (κ2) is 9.47. The highest BCUT2D eigenvalue weighted by Crippen LogP contribution is 2.25. The van der Waals surface area contributed by atoms with Crippen molar-refractivity contribution in [2.75, 3.05) is 24.8 Å². The summed E-state index contributed by atoms with van der Waals surface area (Å²) in [6.07, 6.45) is 3.21. The molecule has 0 saturated heterocycles. The van der Waals surface area contributed by atoms with Crippen LogP contribution in [0.4, 0.5) is 11.5 Å². The summed E-state index contributed by atoms with van der Waals surface area (Å²) in [5.74, 6) is 0.383. The number of pyridine rings is 1. The van der Waals surface area contributed by atoms with E-state index in [-0.39, 0.29) is 5.91 Å². The number of aromatic nitrogens is 1. The highest BCUT2D eigenvalue weighted by molar-refractivity contribution is 6.14. The molecule has 3 rings (SSSR count). The molecule has 7 heteroatoms. The molecule has 0 aliphatic heterocycles. The lowest BCUT2D eigenvalue weighted by Crippen LogP contribution is -2.11. The molecule has 7 nitrogen and oxygen atoms in total. The van der Waals surface area contributed by atoms with Crippen molar-refractivity contribution in [1.29, 1.82) is 5.41 Å². The van der Waals surface area contributed by atoms with Crippen molar-refractivity contribution in [3.8, 4) is 11.1 Å². The molecular weight excluding hydrogens is 378 g/mol. The van der Waals surface area contributed by atoms with Gasteiger partial charge < -0.3 is 15.5 Å². The molecule has 0 atom stereocenters. The third kappa shape index (κ3) is 4.88. The first kappa shape index (κ1) is 20.7. The molecule has 0 aliphatic carbocycles. The van der Waals surface area contributed by atoms with Crippen LogP contribution in [0, 0.1) is 5.41 Å². The van der Waals surface area contributed by atoms with E-state index in [0.29, 0.717) is 22.8 Å². The summed E-state index contributed by atoms with van der Waals surface area (Å²) < 4.78 is 0. The van der Waals surface area contributed by atoms with Gasteiger partial charge in [-0.1, -0.05) is 47.6 Å². The van der Waals surface area contributed by atoms with Gasteiger partial charge in [-0.25, -0.2) is 4.98 Å². The Hall–Kier alpha value is -4.00. The topological polar surface area (TPSA) is 99.5 Å². The normalized spacial score (nSPS) is 10.6. The lowest BCUT2D eigenvalue weighted by atomic mass is 9.97. The molecule has 1 amide bonds.